The second kappa shape index (κ2) is 9.91. The third-order valence-electron chi connectivity index (χ3n) is 4.82. The van der Waals surface area contributed by atoms with E-state index in [1.54, 1.807) is 18.2 Å². The van der Waals surface area contributed by atoms with E-state index < -0.39 is 17.6 Å². The Morgan fingerprint density at radius 2 is 2.03 bits per heavy atom. The van der Waals surface area contributed by atoms with Crippen LogP contribution in [0.2, 0.25) is 0 Å². The molecule has 0 aliphatic carbocycles. The minimum Gasteiger partial charge on any atom is -0.494 e. The topological polar surface area (TPSA) is 77.4 Å². The van der Waals surface area contributed by atoms with Crippen LogP contribution in [-0.2, 0) is 14.3 Å². The molecule has 0 saturated heterocycles. The molecule has 0 bridgehead atoms. The van der Waals surface area contributed by atoms with Gasteiger partial charge in [0.25, 0.3) is 0 Å². The van der Waals surface area contributed by atoms with E-state index in [4.69, 9.17) is 24.3 Å². The lowest BCUT2D eigenvalue weighted by molar-refractivity contribution is -0.149. The molecule has 6 nitrogen and oxygen atoms in total. The molecule has 0 fully saturated rings. The summed E-state index contributed by atoms with van der Waals surface area (Å²) in [6.45, 7) is 4.32. The van der Waals surface area contributed by atoms with E-state index in [9.17, 15) is 4.79 Å². The summed E-state index contributed by atoms with van der Waals surface area (Å²) in [5, 5.41) is 8.87. The molecular formula is C23H24BrNO5. The van der Waals surface area contributed by atoms with Crippen LogP contribution in [0.3, 0.4) is 0 Å². The number of esters is 1. The van der Waals surface area contributed by atoms with Crippen LogP contribution in [0.25, 0.3) is 0 Å². The van der Waals surface area contributed by atoms with Gasteiger partial charge in [-0.2, -0.15) is 0 Å². The molecule has 0 amide bonds. The molecule has 0 saturated carbocycles. The highest BCUT2D eigenvalue weighted by Crippen LogP contribution is 2.45. The van der Waals surface area contributed by atoms with Gasteiger partial charge in [0, 0.05) is 35.0 Å². The summed E-state index contributed by atoms with van der Waals surface area (Å²) in [5.41, 5.74) is 0.246. The summed E-state index contributed by atoms with van der Waals surface area (Å²) in [5.74, 6) is 0.547. The number of aliphatic hydroxyl groups is 1. The van der Waals surface area contributed by atoms with E-state index >= 15 is 0 Å². The Morgan fingerprint density at radius 1 is 1.30 bits per heavy atom. The summed E-state index contributed by atoms with van der Waals surface area (Å²) in [7, 11) is 1.34. The molecule has 7 heteroatoms. The van der Waals surface area contributed by atoms with Gasteiger partial charge in [0.05, 0.1) is 13.7 Å². The second-order valence-electron chi connectivity index (χ2n) is 6.79. The molecule has 2 atom stereocenters. The van der Waals surface area contributed by atoms with Crippen molar-refractivity contribution in [2.24, 2.45) is 4.99 Å². The summed E-state index contributed by atoms with van der Waals surface area (Å²) < 4.78 is 17.7. The fourth-order valence-electron chi connectivity index (χ4n) is 3.35. The van der Waals surface area contributed by atoms with Crippen molar-refractivity contribution in [3.63, 3.8) is 0 Å². The van der Waals surface area contributed by atoms with Crippen LogP contribution in [0.1, 0.15) is 30.1 Å². The Balaban J connectivity index is 1.98. The van der Waals surface area contributed by atoms with Crippen LogP contribution < -0.4 is 4.74 Å². The number of benzene rings is 2. The van der Waals surface area contributed by atoms with Gasteiger partial charge >= 0.3 is 5.97 Å². The lowest BCUT2D eigenvalue weighted by Gasteiger charge is -2.28. The quantitative estimate of drug-likeness (QED) is 0.335. The zero-order valence-electron chi connectivity index (χ0n) is 16.7. The third kappa shape index (κ3) is 4.42. The smallest absolute Gasteiger partial charge is 0.338 e. The number of nitrogens with zero attached hydrogens (tertiary/aromatic N) is 1. The molecular weight excluding hydrogens is 450 g/mol. The Kier molecular flexibility index (Phi) is 7.29. The third-order valence-corrected chi connectivity index (χ3v) is 5.54. The zero-order valence-corrected chi connectivity index (χ0v) is 18.3. The Hall–Kier alpha value is -2.64. The number of aliphatic imine (C=N–C) groups is 1. The van der Waals surface area contributed by atoms with Crippen LogP contribution in [-0.4, -0.2) is 42.8 Å². The molecule has 158 valence electrons. The number of rotatable bonds is 9. The molecule has 0 aromatic heterocycles. The summed E-state index contributed by atoms with van der Waals surface area (Å²) >= 11 is 3.55. The maximum atomic E-state index is 12.9. The number of halogens is 1. The number of ether oxygens (including phenoxy) is 3. The molecule has 3 rings (SSSR count). The first kappa shape index (κ1) is 22.1. The minimum absolute atomic E-state index is 0.0814. The lowest BCUT2D eigenvalue weighted by atomic mass is 9.85. The average Bonchev–Trinajstić information content (AvgIpc) is 3.15. The molecule has 0 spiro atoms. The summed E-state index contributed by atoms with van der Waals surface area (Å²) in [6.07, 6.45) is 1.80. The van der Waals surface area contributed by atoms with Gasteiger partial charge in [-0.1, -0.05) is 40.2 Å². The van der Waals surface area contributed by atoms with Crippen molar-refractivity contribution in [3.8, 4) is 5.75 Å². The summed E-state index contributed by atoms with van der Waals surface area (Å²) in [6, 6.07) is 14.8. The predicted octanol–water partition coefficient (Wildman–Crippen LogP) is 4.22. The van der Waals surface area contributed by atoms with Crippen molar-refractivity contribution in [2.45, 2.75) is 24.5 Å². The van der Waals surface area contributed by atoms with E-state index in [-0.39, 0.29) is 13.0 Å². The van der Waals surface area contributed by atoms with Crippen LogP contribution in [0.5, 0.6) is 5.75 Å². The van der Waals surface area contributed by atoms with Gasteiger partial charge in [-0.15, -0.1) is 6.58 Å². The first-order valence-electron chi connectivity index (χ1n) is 9.60. The highest BCUT2D eigenvalue weighted by Gasteiger charge is 2.54. The molecule has 0 unspecified atom stereocenters. The second-order valence-corrected chi connectivity index (χ2v) is 7.65. The van der Waals surface area contributed by atoms with Crippen molar-refractivity contribution in [3.05, 3.63) is 76.8 Å². The van der Waals surface area contributed by atoms with E-state index in [0.717, 1.165) is 15.6 Å². The molecule has 1 aliphatic rings. The van der Waals surface area contributed by atoms with Crippen LogP contribution >= 0.6 is 15.9 Å². The van der Waals surface area contributed by atoms with Gasteiger partial charge in [0.2, 0.25) is 11.4 Å². The van der Waals surface area contributed by atoms with Gasteiger partial charge in [-0.05, 0) is 30.3 Å². The Labute approximate surface area is 184 Å². The fraction of sp³-hybridized carbons (Fsp3) is 0.304. The SMILES string of the molecule is C=CC[C@@]1(C(=O)OC)N=C(c2ccc(OCCCO)cc2)O[C@@H]1c1ccccc1Br. The number of hydrogen-bond donors (Lipinski definition) is 1. The Morgan fingerprint density at radius 3 is 2.67 bits per heavy atom. The highest BCUT2D eigenvalue weighted by atomic mass is 79.9. The standard InChI is InChI=1S/C23H24BrNO5/c1-3-13-23(22(27)28-2)20(18-7-4-5-8-19(18)24)30-21(25-23)16-9-11-17(12-10-16)29-15-6-14-26/h3-5,7-12,20,26H,1,6,13-15H2,2H3/t20-,23-/m1/s1. The minimum atomic E-state index is -1.27. The van der Waals surface area contributed by atoms with Crippen molar-refractivity contribution < 1.29 is 24.1 Å². The number of carbonyl (C=O) groups excluding carboxylic acids is 1. The van der Waals surface area contributed by atoms with E-state index in [2.05, 4.69) is 22.5 Å². The number of aliphatic hydroxyl groups excluding tert-OH is 1. The first-order chi connectivity index (χ1) is 14.6. The number of carbonyl (C=O) groups is 1. The van der Waals surface area contributed by atoms with Gasteiger partial charge in [-0.3, -0.25) is 0 Å². The van der Waals surface area contributed by atoms with Gasteiger partial charge in [0.15, 0.2) is 6.10 Å². The van der Waals surface area contributed by atoms with Crippen molar-refractivity contribution in [1.82, 2.24) is 0 Å². The molecule has 2 aromatic carbocycles. The number of methoxy groups -OCH3 is 1. The van der Waals surface area contributed by atoms with Crippen molar-refractivity contribution >= 4 is 27.8 Å². The normalized spacial score (nSPS) is 20.2. The maximum Gasteiger partial charge on any atom is 0.338 e. The highest BCUT2D eigenvalue weighted by molar-refractivity contribution is 9.10. The predicted molar refractivity (Wildman–Crippen MR) is 118 cm³/mol. The fourth-order valence-corrected chi connectivity index (χ4v) is 3.84. The maximum absolute atomic E-state index is 12.9. The largest absolute Gasteiger partial charge is 0.494 e. The Bertz CT molecular complexity index is 927. The van der Waals surface area contributed by atoms with E-state index in [0.29, 0.717) is 24.7 Å². The molecule has 0 radical (unpaired) electrons. The van der Waals surface area contributed by atoms with Crippen molar-refractivity contribution in [2.75, 3.05) is 20.3 Å². The first-order valence-corrected chi connectivity index (χ1v) is 10.4. The molecule has 1 heterocycles. The zero-order chi connectivity index (χ0) is 21.6. The molecule has 30 heavy (non-hydrogen) atoms. The van der Waals surface area contributed by atoms with Crippen LogP contribution in [0.4, 0.5) is 0 Å². The van der Waals surface area contributed by atoms with Crippen molar-refractivity contribution in [1.29, 1.82) is 0 Å². The summed E-state index contributed by atoms with van der Waals surface area (Å²) in [4.78, 5) is 17.6. The van der Waals surface area contributed by atoms with Crippen LogP contribution in [0.15, 0.2) is 70.7 Å². The van der Waals surface area contributed by atoms with Gasteiger partial charge in [0.1, 0.15) is 5.75 Å². The van der Waals surface area contributed by atoms with Gasteiger partial charge < -0.3 is 19.3 Å². The van der Waals surface area contributed by atoms with E-state index in [1.165, 1.54) is 7.11 Å². The molecule has 1 N–H and O–H groups in total. The lowest BCUT2D eigenvalue weighted by Crippen LogP contribution is -2.41. The monoisotopic (exact) mass is 473 g/mol. The average molecular weight is 474 g/mol. The van der Waals surface area contributed by atoms with E-state index in [1.807, 2.05) is 36.4 Å². The number of hydrogen-bond acceptors (Lipinski definition) is 6. The van der Waals surface area contributed by atoms with Crippen LogP contribution in [0, 0.1) is 0 Å². The van der Waals surface area contributed by atoms with Gasteiger partial charge in [-0.25, -0.2) is 9.79 Å². The molecule has 2 aromatic rings. The molecule has 1 aliphatic heterocycles.